The van der Waals surface area contributed by atoms with E-state index in [0.717, 1.165) is 0 Å². The fourth-order valence-electron chi connectivity index (χ4n) is 0.663. The van der Waals surface area contributed by atoms with Gasteiger partial charge < -0.3 is 0 Å². The zero-order chi connectivity index (χ0) is 9.68. The van der Waals surface area contributed by atoms with Crippen LogP contribution in [-0.4, -0.2) is 22.0 Å². The van der Waals surface area contributed by atoms with Crippen LogP contribution >= 0.6 is 36.0 Å². The second-order valence-electron chi connectivity index (χ2n) is 2.02. The predicted molar refractivity (Wildman–Crippen MR) is 59.6 cm³/mol. The van der Waals surface area contributed by atoms with Gasteiger partial charge in [-0.2, -0.15) is 12.6 Å². The topological polar surface area (TPSA) is 25.8 Å². The lowest BCUT2D eigenvalue weighted by Crippen LogP contribution is -1.89. The third-order valence-electron chi connectivity index (χ3n) is 1.20. The molecule has 68 valence electrons. The standard InChI is InChI=1S/C8H7ClN2S2/c1-13-8-10-5-6(3-2-4-12)7(9)11-8/h5,12H,4H2,1H3. The van der Waals surface area contributed by atoms with Crippen LogP contribution in [0.4, 0.5) is 0 Å². The number of thiol groups is 1. The molecule has 0 aliphatic carbocycles. The molecule has 1 rings (SSSR count). The maximum absolute atomic E-state index is 5.85. The summed E-state index contributed by atoms with van der Waals surface area (Å²) in [6.07, 6.45) is 3.52. The van der Waals surface area contributed by atoms with Crippen LogP contribution in [0.25, 0.3) is 0 Å². The molecule has 5 heteroatoms. The molecule has 0 unspecified atom stereocenters. The highest BCUT2D eigenvalue weighted by molar-refractivity contribution is 7.98. The fraction of sp³-hybridized carbons (Fsp3) is 0.250. The van der Waals surface area contributed by atoms with Crippen molar-refractivity contribution in [3.63, 3.8) is 0 Å². The summed E-state index contributed by atoms with van der Waals surface area (Å²) in [5.41, 5.74) is 0.647. The van der Waals surface area contributed by atoms with Gasteiger partial charge in [-0.05, 0) is 6.26 Å². The lowest BCUT2D eigenvalue weighted by atomic mass is 10.3. The molecule has 1 aromatic rings. The third kappa shape index (κ3) is 3.11. The van der Waals surface area contributed by atoms with Gasteiger partial charge in [0, 0.05) is 6.20 Å². The summed E-state index contributed by atoms with van der Waals surface area (Å²) in [5.74, 6) is 6.11. The van der Waals surface area contributed by atoms with Gasteiger partial charge in [-0.3, -0.25) is 0 Å². The van der Waals surface area contributed by atoms with Crippen LogP contribution in [0, 0.1) is 11.8 Å². The van der Waals surface area contributed by atoms with Gasteiger partial charge in [0.05, 0.1) is 11.3 Å². The number of halogens is 1. The molecule has 0 amide bonds. The second-order valence-corrected chi connectivity index (χ2v) is 3.47. The molecule has 0 radical (unpaired) electrons. The number of hydrogen-bond donors (Lipinski definition) is 1. The maximum atomic E-state index is 5.85. The average Bonchev–Trinajstić information content (AvgIpc) is 2.16. The van der Waals surface area contributed by atoms with E-state index in [0.29, 0.717) is 21.6 Å². The lowest BCUT2D eigenvalue weighted by molar-refractivity contribution is 0.965. The van der Waals surface area contributed by atoms with E-state index in [2.05, 4.69) is 34.4 Å². The van der Waals surface area contributed by atoms with Crippen molar-refractivity contribution >= 4 is 36.0 Å². The Morgan fingerprint density at radius 1 is 1.69 bits per heavy atom. The molecule has 0 aliphatic rings. The van der Waals surface area contributed by atoms with Crippen LogP contribution in [0.3, 0.4) is 0 Å². The molecule has 0 aliphatic heterocycles. The number of hydrogen-bond acceptors (Lipinski definition) is 4. The first-order valence-electron chi connectivity index (χ1n) is 3.44. The Balaban J connectivity index is 2.98. The van der Waals surface area contributed by atoms with Crippen molar-refractivity contribution in [2.24, 2.45) is 0 Å². The summed E-state index contributed by atoms with van der Waals surface area (Å²) in [7, 11) is 0. The van der Waals surface area contributed by atoms with E-state index in [4.69, 9.17) is 11.6 Å². The van der Waals surface area contributed by atoms with Gasteiger partial charge in [0.25, 0.3) is 0 Å². The Morgan fingerprint density at radius 2 is 2.46 bits per heavy atom. The van der Waals surface area contributed by atoms with Crippen LogP contribution in [0.2, 0.25) is 5.15 Å². The molecule has 0 saturated heterocycles. The van der Waals surface area contributed by atoms with Crippen molar-refractivity contribution in [2.45, 2.75) is 5.16 Å². The first-order valence-corrected chi connectivity index (χ1v) is 5.67. The molecule has 0 fully saturated rings. The van der Waals surface area contributed by atoms with E-state index in [9.17, 15) is 0 Å². The normalized spacial score (nSPS) is 9.15. The molecule has 1 aromatic heterocycles. The molecular weight excluding hydrogens is 224 g/mol. The van der Waals surface area contributed by atoms with E-state index in [-0.39, 0.29) is 0 Å². The minimum Gasteiger partial charge on any atom is -0.230 e. The van der Waals surface area contributed by atoms with Crippen LogP contribution in [0.5, 0.6) is 0 Å². The molecule has 2 nitrogen and oxygen atoms in total. The molecular formula is C8H7ClN2S2. The molecule has 0 N–H and O–H groups in total. The van der Waals surface area contributed by atoms with E-state index in [1.807, 2.05) is 6.26 Å². The van der Waals surface area contributed by atoms with Crippen LogP contribution in [0.1, 0.15) is 5.56 Å². The van der Waals surface area contributed by atoms with Crippen molar-refractivity contribution in [2.75, 3.05) is 12.0 Å². The zero-order valence-corrected chi connectivity index (χ0v) is 9.38. The summed E-state index contributed by atoms with van der Waals surface area (Å²) < 4.78 is 0. The molecule has 0 aromatic carbocycles. The summed E-state index contributed by atoms with van der Waals surface area (Å²) >= 11 is 11.3. The van der Waals surface area contributed by atoms with Gasteiger partial charge in [-0.15, -0.1) is 0 Å². The molecule has 0 spiro atoms. The Hall–Kier alpha value is -0.370. The second kappa shape index (κ2) is 5.38. The van der Waals surface area contributed by atoms with Gasteiger partial charge in [0.2, 0.25) is 0 Å². The molecule has 1 heterocycles. The quantitative estimate of drug-likeness (QED) is 0.263. The van der Waals surface area contributed by atoms with Crippen LogP contribution in [0.15, 0.2) is 11.4 Å². The lowest BCUT2D eigenvalue weighted by Gasteiger charge is -1.96. The predicted octanol–water partition coefficient (Wildman–Crippen LogP) is 2.13. The highest BCUT2D eigenvalue weighted by Gasteiger charge is 2.00. The van der Waals surface area contributed by atoms with Crippen molar-refractivity contribution in [1.82, 2.24) is 9.97 Å². The molecule has 13 heavy (non-hydrogen) atoms. The van der Waals surface area contributed by atoms with Gasteiger partial charge >= 0.3 is 0 Å². The SMILES string of the molecule is CSc1ncc(C#CCS)c(Cl)n1. The maximum Gasteiger partial charge on any atom is 0.188 e. The van der Waals surface area contributed by atoms with Gasteiger partial charge in [0.1, 0.15) is 5.15 Å². The summed E-state index contributed by atoms with van der Waals surface area (Å²) in [6.45, 7) is 0. The number of thioether (sulfide) groups is 1. The van der Waals surface area contributed by atoms with E-state index < -0.39 is 0 Å². The minimum atomic E-state index is 0.397. The zero-order valence-electron chi connectivity index (χ0n) is 6.91. The van der Waals surface area contributed by atoms with E-state index in [1.54, 1.807) is 6.20 Å². The van der Waals surface area contributed by atoms with Crippen molar-refractivity contribution in [3.8, 4) is 11.8 Å². The Kier molecular flexibility index (Phi) is 4.43. The van der Waals surface area contributed by atoms with Crippen molar-refractivity contribution < 1.29 is 0 Å². The molecule has 0 atom stereocenters. The summed E-state index contributed by atoms with van der Waals surface area (Å²) in [5, 5.41) is 1.05. The van der Waals surface area contributed by atoms with Gasteiger partial charge in [0.15, 0.2) is 5.16 Å². The number of nitrogens with zero attached hydrogens (tertiary/aromatic N) is 2. The number of rotatable bonds is 1. The Labute approximate surface area is 91.9 Å². The number of aromatic nitrogens is 2. The largest absolute Gasteiger partial charge is 0.230 e. The Bertz CT molecular complexity index is 357. The smallest absolute Gasteiger partial charge is 0.188 e. The third-order valence-corrected chi connectivity index (χ3v) is 2.21. The fourth-order valence-corrected chi connectivity index (χ4v) is 1.31. The van der Waals surface area contributed by atoms with Crippen LogP contribution in [-0.2, 0) is 0 Å². The van der Waals surface area contributed by atoms with Crippen molar-refractivity contribution in [1.29, 1.82) is 0 Å². The monoisotopic (exact) mass is 230 g/mol. The summed E-state index contributed by atoms with van der Waals surface area (Å²) in [6, 6.07) is 0. The minimum absolute atomic E-state index is 0.397. The molecule has 0 saturated carbocycles. The van der Waals surface area contributed by atoms with Gasteiger partial charge in [-0.25, -0.2) is 9.97 Å². The highest BCUT2D eigenvalue weighted by atomic mass is 35.5. The first kappa shape index (κ1) is 10.7. The molecule has 0 bridgehead atoms. The van der Waals surface area contributed by atoms with Gasteiger partial charge in [-0.1, -0.05) is 35.2 Å². The van der Waals surface area contributed by atoms with E-state index in [1.165, 1.54) is 11.8 Å². The summed E-state index contributed by atoms with van der Waals surface area (Å²) in [4.78, 5) is 8.09. The van der Waals surface area contributed by atoms with Crippen LogP contribution < -0.4 is 0 Å². The average molecular weight is 231 g/mol. The Morgan fingerprint density at radius 3 is 3.00 bits per heavy atom. The van der Waals surface area contributed by atoms with E-state index >= 15 is 0 Å². The van der Waals surface area contributed by atoms with Crippen molar-refractivity contribution in [3.05, 3.63) is 16.9 Å². The highest BCUT2D eigenvalue weighted by Crippen LogP contribution is 2.15. The first-order chi connectivity index (χ1) is 6.27.